The second-order valence-electron chi connectivity index (χ2n) is 8.59. The fourth-order valence-corrected chi connectivity index (χ4v) is 4.45. The summed E-state index contributed by atoms with van der Waals surface area (Å²) in [6.07, 6.45) is 2.70. The largest absolute Gasteiger partial charge is 0.376 e. The lowest BCUT2D eigenvalue weighted by Crippen LogP contribution is -2.40. The van der Waals surface area contributed by atoms with E-state index in [4.69, 9.17) is 4.74 Å². The topological polar surface area (TPSA) is 74.2 Å². The number of hydrogen-bond donors (Lipinski definition) is 1. The molecule has 34 heavy (non-hydrogen) atoms. The lowest BCUT2D eigenvalue weighted by atomic mass is 10.1. The van der Waals surface area contributed by atoms with Gasteiger partial charge in [-0.25, -0.2) is 0 Å². The van der Waals surface area contributed by atoms with Crippen molar-refractivity contribution in [3.05, 3.63) is 71.3 Å². The first-order valence-electron chi connectivity index (χ1n) is 11.7. The van der Waals surface area contributed by atoms with E-state index in [-0.39, 0.29) is 35.8 Å². The van der Waals surface area contributed by atoms with Crippen LogP contribution in [0.4, 0.5) is 0 Å². The molecule has 2 amide bonds. The zero-order valence-electron chi connectivity index (χ0n) is 19.6. The van der Waals surface area contributed by atoms with Crippen LogP contribution in [0.1, 0.15) is 45.5 Å². The van der Waals surface area contributed by atoms with Crippen molar-refractivity contribution in [2.24, 2.45) is 10.9 Å². The maximum atomic E-state index is 12.4. The predicted octanol–water partition coefficient (Wildman–Crippen LogP) is 3.79. The van der Waals surface area contributed by atoms with Crippen LogP contribution in [0.5, 0.6) is 0 Å². The van der Waals surface area contributed by atoms with Gasteiger partial charge in [0, 0.05) is 39.1 Å². The molecular weight excluding hydrogens is 543 g/mol. The standard InChI is InChI=1S/C26H32N4O3.HI/c1-27-26(29-16-13-21(17-29)19-33-18-20-9-3-2-4-10-20)28-14-7-8-15-30-24(31)22-11-5-6-12-23(22)25(30)32;/h2-6,9-12,21H,7-8,13-19H2,1H3,(H,27,28);1H. The van der Waals surface area contributed by atoms with Crippen molar-refractivity contribution in [3.8, 4) is 0 Å². The molecule has 1 fully saturated rings. The number of likely N-dealkylation sites (tertiary alicyclic amines) is 1. The SMILES string of the molecule is CN=C(NCCCCN1C(=O)c2ccccc2C1=O)N1CCC(COCc2ccccc2)C1.I. The Kier molecular flexibility index (Phi) is 9.88. The van der Waals surface area contributed by atoms with E-state index in [0.717, 1.165) is 51.5 Å². The Morgan fingerprint density at radius 1 is 1.03 bits per heavy atom. The summed E-state index contributed by atoms with van der Waals surface area (Å²) >= 11 is 0. The third-order valence-electron chi connectivity index (χ3n) is 6.23. The molecular formula is C26H33IN4O3. The second kappa shape index (κ2) is 12.9. The number of carbonyl (C=O) groups excluding carboxylic acids is 2. The Hall–Kier alpha value is -2.46. The first-order valence-corrected chi connectivity index (χ1v) is 11.7. The van der Waals surface area contributed by atoms with E-state index in [1.54, 1.807) is 31.3 Å². The van der Waals surface area contributed by atoms with Gasteiger partial charge in [0.05, 0.1) is 24.3 Å². The van der Waals surface area contributed by atoms with E-state index in [9.17, 15) is 9.59 Å². The van der Waals surface area contributed by atoms with Crippen molar-refractivity contribution in [3.63, 3.8) is 0 Å². The van der Waals surface area contributed by atoms with Crippen LogP contribution >= 0.6 is 24.0 Å². The van der Waals surface area contributed by atoms with Gasteiger partial charge in [-0.15, -0.1) is 24.0 Å². The average Bonchev–Trinajstić information content (AvgIpc) is 3.41. The number of rotatable bonds is 9. The molecule has 1 saturated heterocycles. The molecule has 7 nitrogen and oxygen atoms in total. The molecule has 2 aromatic carbocycles. The number of nitrogens with zero attached hydrogens (tertiary/aromatic N) is 3. The molecule has 4 rings (SSSR count). The van der Waals surface area contributed by atoms with Crippen molar-refractivity contribution >= 4 is 41.8 Å². The molecule has 2 aliphatic heterocycles. The fourth-order valence-electron chi connectivity index (χ4n) is 4.45. The van der Waals surface area contributed by atoms with Crippen LogP contribution < -0.4 is 5.32 Å². The predicted molar refractivity (Wildman–Crippen MR) is 144 cm³/mol. The molecule has 2 aromatic rings. The number of guanidine groups is 1. The number of hydrogen-bond acceptors (Lipinski definition) is 4. The van der Waals surface area contributed by atoms with Gasteiger partial charge < -0.3 is 15.0 Å². The average molecular weight is 576 g/mol. The van der Waals surface area contributed by atoms with E-state index in [0.29, 0.717) is 30.2 Å². The van der Waals surface area contributed by atoms with Crippen molar-refractivity contribution in [1.29, 1.82) is 0 Å². The third kappa shape index (κ3) is 6.35. The quantitative estimate of drug-likeness (QED) is 0.162. The van der Waals surface area contributed by atoms with Gasteiger partial charge in [0.1, 0.15) is 0 Å². The normalized spacial score (nSPS) is 17.7. The van der Waals surface area contributed by atoms with Gasteiger partial charge in [0.15, 0.2) is 5.96 Å². The fraction of sp³-hybridized carbons (Fsp3) is 0.423. The first kappa shape index (κ1) is 26.2. The summed E-state index contributed by atoms with van der Waals surface area (Å²) in [6, 6.07) is 17.3. The van der Waals surface area contributed by atoms with Crippen LogP contribution in [-0.4, -0.2) is 67.4 Å². The second-order valence-corrected chi connectivity index (χ2v) is 8.59. The number of halogens is 1. The molecule has 0 spiro atoms. The number of benzene rings is 2. The number of amides is 2. The molecule has 0 aromatic heterocycles. The zero-order valence-corrected chi connectivity index (χ0v) is 21.9. The number of imide groups is 1. The van der Waals surface area contributed by atoms with Gasteiger partial charge in [-0.2, -0.15) is 0 Å². The molecule has 0 bridgehead atoms. The zero-order chi connectivity index (χ0) is 23.0. The number of aliphatic imine (C=N–C) groups is 1. The van der Waals surface area contributed by atoms with Gasteiger partial charge in [-0.1, -0.05) is 42.5 Å². The highest BCUT2D eigenvalue weighted by Gasteiger charge is 2.34. The lowest BCUT2D eigenvalue weighted by molar-refractivity contribution is 0.0651. The summed E-state index contributed by atoms with van der Waals surface area (Å²) in [5.74, 6) is 1.04. The summed E-state index contributed by atoms with van der Waals surface area (Å²) in [4.78, 5) is 32.9. The molecule has 1 unspecified atom stereocenters. The van der Waals surface area contributed by atoms with Crippen molar-refractivity contribution in [2.75, 3.05) is 39.8 Å². The summed E-state index contributed by atoms with van der Waals surface area (Å²) in [7, 11) is 1.81. The van der Waals surface area contributed by atoms with E-state index in [1.165, 1.54) is 10.5 Å². The van der Waals surface area contributed by atoms with Gasteiger partial charge in [0.25, 0.3) is 11.8 Å². The Morgan fingerprint density at radius 3 is 2.38 bits per heavy atom. The van der Waals surface area contributed by atoms with Crippen LogP contribution in [0, 0.1) is 5.92 Å². The molecule has 182 valence electrons. The van der Waals surface area contributed by atoms with Gasteiger partial charge in [0.2, 0.25) is 0 Å². The smallest absolute Gasteiger partial charge is 0.261 e. The van der Waals surface area contributed by atoms with Gasteiger partial charge >= 0.3 is 0 Å². The van der Waals surface area contributed by atoms with Crippen molar-refractivity contribution in [1.82, 2.24) is 15.1 Å². The minimum absolute atomic E-state index is 0. The molecule has 2 aliphatic rings. The molecule has 0 saturated carbocycles. The van der Waals surface area contributed by atoms with Crippen LogP contribution in [0.2, 0.25) is 0 Å². The molecule has 8 heteroatoms. The summed E-state index contributed by atoms with van der Waals surface area (Å²) in [5, 5.41) is 3.43. The third-order valence-corrected chi connectivity index (χ3v) is 6.23. The molecule has 0 aliphatic carbocycles. The summed E-state index contributed by atoms with van der Waals surface area (Å²) in [5.41, 5.74) is 2.22. The number of carbonyl (C=O) groups is 2. The number of fused-ring (bicyclic) bond motifs is 1. The highest BCUT2D eigenvalue weighted by atomic mass is 127. The molecule has 0 radical (unpaired) electrons. The molecule has 2 heterocycles. The Bertz CT molecular complexity index is 964. The van der Waals surface area contributed by atoms with Crippen molar-refractivity contribution in [2.45, 2.75) is 25.9 Å². The van der Waals surface area contributed by atoms with Crippen LogP contribution in [0.15, 0.2) is 59.6 Å². The van der Waals surface area contributed by atoms with E-state index < -0.39 is 0 Å². The lowest BCUT2D eigenvalue weighted by Gasteiger charge is -2.22. The van der Waals surface area contributed by atoms with Crippen LogP contribution in [0.25, 0.3) is 0 Å². The van der Waals surface area contributed by atoms with E-state index in [2.05, 4.69) is 27.3 Å². The first-order chi connectivity index (χ1) is 16.2. The van der Waals surface area contributed by atoms with Gasteiger partial charge in [-0.3, -0.25) is 19.5 Å². The Balaban J connectivity index is 0.00000324. The minimum atomic E-state index is -0.183. The molecule has 1 atom stereocenters. The van der Waals surface area contributed by atoms with Crippen LogP contribution in [-0.2, 0) is 11.3 Å². The maximum Gasteiger partial charge on any atom is 0.261 e. The highest BCUT2D eigenvalue weighted by Crippen LogP contribution is 2.22. The summed E-state index contributed by atoms with van der Waals surface area (Å²) < 4.78 is 5.92. The monoisotopic (exact) mass is 576 g/mol. The van der Waals surface area contributed by atoms with Crippen LogP contribution in [0.3, 0.4) is 0 Å². The summed E-state index contributed by atoms with van der Waals surface area (Å²) in [6.45, 7) is 4.50. The molecule has 1 N–H and O–H groups in total. The maximum absolute atomic E-state index is 12.4. The minimum Gasteiger partial charge on any atom is -0.376 e. The van der Waals surface area contributed by atoms with Gasteiger partial charge in [-0.05, 0) is 37.0 Å². The highest BCUT2D eigenvalue weighted by molar-refractivity contribution is 14.0. The Labute approximate surface area is 218 Å². The van der Waals surface area contributed by atoms with E-state index >= 15 is 0 Å². The Morgan fingerprint density at radius 2 is 1.71 bits per heavy atom. The number of unbranched alkanes of at least 4 members (excludes halogenated alkanes) is 1. The number of nitrogens with one attached hydrogen (secondary N) is 1. The van der Waals surface area contributed by atoms with E-state index in [1.807, 2.05) is 18.2 Å². The van der Waals surface area contributed by atoms with Crippen molar-refractivity contribution < 1.29 is 14.3 Å². The number of ether oxygens (including phenoxy) is 1.